The molecule has 28 heavy (non-hydrogen) atoms. The molecule has 2 aromatic carbocycles. The minimum absolute atomic E-state index is 0.174. The number of allylic oxidation sites excluding steroid dienone is 1. The Labute approximate surface area is 176 Å². The van der Waals surface area contributed by atoms with Gasteiger partial charge in [0.1, 0.15) is 17.4 Å². The van der Waals surface area contributed by atoms with Crippen molar-refractivity contribution in [3.63, 3.8) is 0 Å². The third-order valence-corrected chi connectivity index (χ3v) is 6.46. The molecule has 146 valence electrons. The van der Waals surface area contributed by atoms with E-state index in [0.717, 1.165) is 17.5 Å². The summed E-state index contributed by atoms with van der Waals surface area (Å²) in [6.45, 7) is 0.565. The zero-order valence-corrected chi connectivity index (χ0v) is 17.6. The normalized spacial score (nSPS) is 21.8. The van der Waals surface area contributed by atoms with Gasteiger partial charge in [-0.1, -0.05) is 23.7 Å². The summed E-state index contributed by atoms with van der Waals surface area (Å²) >= 11 is 9.75. The Balaban J connectivity index is 1.98. The molecule has 2 heterocycles. The number of ether oxygens (including phenoxy) is 1. The van der Waals surface area contributed by atoms with Gasteiger partial charge in [0.15, 0.2) is 0 Å². The number of hydrogen-bond donors (Lipinski definition) is 1. The van der Waals surface area contributed by atoms with Crippen molar-refractivity contribution in [1.29, 1.82) is 0 Å². The zero-order valence-electron chi connectivity index (χ0n) is 15.3. The van der Waals surface area contributed by atoms with Gasteiger partial charge in [-0.3, -0.25) is 4.79 Å². The van der Waals surface area contributed by atoms with Crippen LogP contribution in [0.15, 0.2) is 46.7 Å². The van der Waals surface area contributed by atoms with Gasteiger partial charge in [-0.2, -0.15) is 0 Å². The van der Waals surface area contributed by atoms with Gasteiger partial charge in [-0.15, -0.1) is 0 Å². The van der Waals surface area contributed by atoms with Crippen LogP contribution in [-0.2, 0) is 16.6 Å². The molecular weight excluding hydrogens is 447 g/mol. The Morgan fingerprint density at radius 1 is 1.29 bits per heavy atom. The molecule has 2 N–H and O–H groups in total. The first kappa shape index (κ1) is 19.3. The van der Waals surface area contributed by atoms with E-state index in [1.807, 2.05) is 12.1 Å². The predicted molar refractivity (Wildman–Crippen MR) is 110 cm³/mol. The molecule has 1 amide bonds. The number of halogens is 3. The molecule has 4 rings (SSSR count). The third-order valence-electron chi connectivity index (χ3n) is 5.57. The smallest absolute Gasteiger partial charge is 0.242 e. The summed E-state index contributed by atoms with van der Waals surface area (Å²) in [5.41, 5.74) is 7.46. The molecule has 0 radical (unpaired) electrons. The molecule has 0 saturated carbocycles. The number of benzene rings is 2. The van der Waals surface area contributed by atoms with E-state index in [4.69, 9.17) is 22.1 Å². The van der Waals surface area contributed by atoms with Gasteiger partial charge < -0.3 is 15.4 Å². The minimum Gasteiger partial charge on any atom is -0.491 e. The van der Waals surface area contributed by atoms with E-state index < -0.39 is 5.41 Å². The lowest BCUT2D eigenvalue weighted by Gasteiger charge is -2.36. The van der Waals surface area contributed by atoms with E-state index in [1.165, 1.54) is 11.0 Å². The van der Waals surface area contributed by atoms with E-state index in [2.05, 4.69) is 15.9 Å². The number of nitrogens with two attached hydrogens (primary N) is 1. The van der Waals surface area contributed by atoms with Crippen LogP contribution in [0.5, 0.6) is 5.75 Å². The molecule has 0 saturated heterocycles. The summed E-state index contributed by atoms with van der Waals surface area (Å²) in [6, 6.07) is 8.47. The van der Waals surface area contributed by atoms with Crippen molar-refractivity contribution in [2.45, 2.75) is 24.7 Å². The lowest BCUT2D eigenvalue weighted by Crippen LogP contribution is -2.46. The molecule has 4 nitrogen and oxygen atoms in total. The lowest BCUT2D eigenvalue weighted by molar-refractivity contribution is -0.132. The van der Waals surface area contributed by atoms with Crippen molar-refractivity contribution in [3.05, 3.63) is 74.2 Å². The number of carbonyl (C=O) groups excluding carboxylic acids is 1. The van der Waals surface area contributed by atoms with Crippen molar-refractivity contribution in [2.24, 2.45) is 5.73 Å². The largest absolute Gasteiger partial charge is 0.491 e. The first-order chi connectivity index (χ1) is 13.3. The number of rotatable bonds is 2. The Morgan fingerprint density at radius 3 is 2.82 bits per heavy atom. The Kier molecular flexibility index (Phi) is 4.88. The Morgan fingerprint density at radius 2 is 2.07 bits per heavy atom. The van der Waals surface area contributed by atoms with Gasteiger partial charge in [0.2, 0.25) is 5.91 Å². The molecular formula is C21H19BrClFN2O2. The Bertz CT molecular complexity index is 1010. The maximum atomic E-state index is 13.9. The van der Waals surface area contributed by atoms with Crippen LogP contribution in [-0.4, -0.2) is 24.5 Å². The van der Waals surface area contributed by atoms with Crippen molar-refractivity contribution >= 4 is 33.4 Å². The highest BCUT2D eigenvalue weighted by atomic mass is 79.9. The van der Waals surface area contributed by atoms with Crippen LogP contribution < -0.4 is 10.5 Å². The molecule has 2 aromatic rings. The maximum absolute atomic E-state index is 13.9. The molecule has 2 aliphatic heterocycles. The molecule has 7 heteroatoms. The van der Waals surface area contributed by atoms with Gasteiger partial charge >= 0.3 is 0 Å². The molecule has 1 unspecified atom stereocenters. The number of likely N-dealkylation sites (N-methyl/N-ethyl adjacent to an activating group) is 1. The van der Waals surface area contributed by atoms with Crippen molar-refractivity contribution in [2.75, 3.05) is 13.7 Å². The first-order valence-corrected chi connectivity index (χ1v) is 10.2. The number of hydrogen-bond acceptors (Lipinski definition) is 3. The minimum atomic E-state index is -1.04. The SMILES string of the molecule is CN1C(=O)C(c2ccc(F)c(Br)c2)(c2cc(Cl)c3c(c2)CCO3)CCC=C1N. The molecule has 1 atom stereocenters. The van der Waals surface area contributed by atoms with Gasteiger partial charge in [0, 0.05) is 13.5 Å². The number of fused-ring (bicyclic) bond motifs is 1. The number of carbonyl (C=O) groups is 1. The maximum Gasteiger partial charge on any atom is 0.242 e. The molecule has 0 aromatic heterocycles. The third kappa shape index (κ3) is 2.90. The van der Waals surface area contributed by atoms with E-state index in [9.17, 15) is 9.18 Å². The van der Waals surface area contributed by atoms with E-state index in [1.54, 1.807) is 25.2 Å². The van der Waals surface area contributed by atoms with Gasteiger partial charge in [0.05, 0.1) is 21.5 Å². The van der Waals surface area contributed by atoms with Crippen LogP contribution in [0.1, 0.15) is 29.5 Å². The summed E-state index contributed by atoms with van der Waals surface area (Å²) in [4.78, 5) is 15.2. The summed E-state index contributed by atoms with van der Waals surface area (Å²) in [6.07, 6.45) is 3.67. The first-order valence-electron chi connectivity index (χ1n) is 8.99. The standard InChI is InChI=1S/C21H19BrClFN2O2/c1-26-18(25)3-2-7-21(20(26)27,13-4-5-17(24)15(22)10-13)14-9-12-6-8-28-19(12)16(23)11-14/h3-5,9-11H,2,6-8,25H2,1H3. The highest BCUT2D eigenvalue weighted by Gasteiger charge is 2.46. The van der Waals surface area contributed by atoms with Gasteiger partial charge in [-0.05, 0) is 69.7 Å². The summed E-state index contributed by atoms with van der Waals surface area (Å²) in [5, 5.41) is 0.478. The van der Waals surface area contributed by atoms with Gasteiger partial charge in [-0.25, -0.2) is 4.39 Å². The number of nitrogens with zero attached hydrogens (tertiary/aromatic N) is 1. The highest BCUT2D eigenvalue weighted by molar-refractivity contribution is 9.10. The van der Waals surface area contributed by atoms with Crippen molar-refractivity contribution in [1.82, 2.24) is 4.90 Å². The van der Waals surface area contributed by atoms with Crippen LogP contribution >= 0.6 is 27.5 Å². The van der Waals surface area contributed by atoms with Crippen molar-refractivity contribution in [3.8, 4) is 5.75 Å². The topological polar surface area (TPSA) is 55.6 Å². The monoisotopic (exact) mass is 464 g/mol. The molecule has 0 spiro atoms. The van der Waals surface area contributed by atoms with Crippen LogP contribution in [0.3, 0.4) is 0 Å². The fraction of sp³-hybridized carbons (Fsp3) is 0.286. The fourth-order valence-electron chi connectivity index (χ4n) is 4.06. The average Bonchev–Trinajstić information content (AvgIpc) is 3.11. The molecule has 2 aliphatic rings. The van der Waals surface area contributed by atoms with Crippen LogP contribution in [0, 0.1) is 5.82 Å². The second kappa shape index (κ2) is 7.08. The summed E-state index contributed by atoms with van der Waals surface area (Å²) in [7, 11) is 1.66. The second-order valence-corrected chi connectivity index (χ2v) is 8.37. The number of amides is 1. The Hall–Kier alpha value is -2.05. The van der Waals surface area contributed by atoms with E-state index in [0.29, 0.717) is 46.1 Å². The van der Waals surface area contributed by atoms with Crippen LogP contribution in [0.2, 0.25) is 5.02 Å². The molecule has 0 aliphatic carbocycles. The fourth-order valence-corrected chi connectivity index (χ4v) is 4.73. The van der Waals surface area contributed by atoms with E-state index in [-0.39, 0.29) is 11.7 Å². The molecule has 0 bridgehead atoms. The van der Waals surface area contributed by atoms with Crippen molar-refractivity contribution < 1.29 is 13.9 Å². The lowest BCUT2D eigenvalue weighted by atomic mass is 9.70. The molecule has 0 fully saturated rings. The van der Waals surface area contributed by atoms with Crippen LogP contribution in [0.4, 0.5) is 4.39 Å². The van der Waals surface area contributed by atoms with E-state index >= 15 is 0 Å². The summed E-state index contributed by atoms with van der Waals surface area (Å²) in [5.74, 6) is 0.523. The second-order valence-electron chi connectivity index (χ2n) is 7.11. The van der Waals surface area contributed by atoms with Gasteiger partial charge in [0.25, 0.3) is 0 Å². The predicted octanol–water partition coefficient (Wildman–Crippen LogP) is 4.51. The average molecular weight is 466 g/mol. The zero-order chi connectivity index (χ0) is 20.1. The summed E-state index contributed by atoms with van der Waals surface area (Å²) < 4.78 is 19.9. The van der Waals surface area contributed by atoms with Crippen LogP contribution in [0.25, 0.3) is 0 Å². The highest BCUT2D eigenvalue weighted by Crippen LogP contribution is 2.45. The quantitative estimate of drug-likeness (QED) is 0.710.